The molecule has 0 saturated heterocycles. The van der Waals surface area contributed by atoms with Gasteiger partial charge in [-0.25, -0.2) is 16.8 Å². The molecule has 0 unspecified atom stereocenters. The third-order valence-electron chi connectivity index (χ3n) is 4.50. The van der Waals surface area contributed by atoms with Gasteiger partial charge in [0.1, 0.15) is 42.3 Å². The number of benzene rings is 3. The molecule has 0 spiro atoms. The molecule has 0 radical (unpaired) electrons. The van der Waals surface area contributed by atoms with Gasteiger partial charge in [0.25, 0.3) is 14.2 Å². The summed E-state index contributed by atoms with van der Waals surface area (Å²) in [6.45, 7) is 1.64. The van der Waals surface area contributed by atoms with Gasteiger partial charge in [-0.2, -0.15) is 0 Å². The van der Waals surface area contributed by atoms with E-state index in [0.29, 0.717) is 16.3 Å². The Morgan fingerprint density at radius 2 is 1.63 bits per heavy atom. The van der Waals surface area contributed by atoms with Crippen LogP contribution in [0, 0.1) is 6.92 Å². The van der Waals surface area contributed by atoms with E-state index in [0.717, 1.165) is 14.2 Å². The van der Waals surface area contributed by atoms with Gasteiger partial charge in [-0.15, -0.1) is 10.2 Å². The number of fused-ring (bicyclic) bond motifs is 1. The molecule has 0 aliphatic carbocycles. The second-order valence-electron chi connectivity index (χ2n) is 6.85. The molecule has 0 atom stereocenters. The highest BCUT2D eigenvalue weighted by atomic mass is 32.2. The van der Waals surface area contributed by atoms with Crippen molar-refractivity contribution in [3.63, 3.8) is 0 Å². The van der Waals surface area contributed by atoms with E-state index in [1.165, 1.54) is 37.4 Å². The Morgan fingerprint density at radius 1 is 0.933 bits per heavy atom. The zero-order valence-corrected chi connectivity index (χ0v) is 18.4. The molecule has 0 heterocycles. The molecule has 154 valence electrons. The SMILES string of the molecule is BS(=O)(=O)c1ccc2c(/N=N/c3cc(C)c(S(B)(=O)=O)cc3OC)c(O)ccc2c1. The van der Waals surface area contributed by atoms with Crippen LogP contribution in [0.4, 0.5) is 11.4 Å². The lowest BCUT2D eigenvalue weighted by atomic mass is 10.1. The van der Waals surface area contributed by atoms with Gasteiger partial charge < -0.3 is 9.84 Å². The zero-order chi connectivity index (χ0) is 22.3. The number of azo groups is 1. The molecule has 0 aliphatic rings. The molecular formula is C18H18B2N2O6S2. The van der Waals surface area contributed by atoms with Crippen molar-refractivity contribution in [1.82, 2.24) is 0 Å². The average molecular weight is 444 g/mol. The molecule has 0 amide bonds. The van der Waals surface area contributed by atoms with Crippen LogP contribution < -0.4 is 4.74 Å². The number of nitrogens with zero attached hydrogens (tertiary/aromatic N) is 2. The average Bonchev–Trinajstić information content (AvgIpc) is 2.65. The monoisotopic (exact) mass is 444 g/mol. The lowest BCUT2D eigenvalue weighted by Gasteiger charge is -2.10. The van der Waals surface area contributed by atoms with Gasteiger partial charge in [-0.05, 0) is 42.1 Å². The van der Waals surface area contributed by atoms with Crippen molar-refractivity contribution in [1.29, 1.82) is 0 Å². The highest BCUT2D eigenvalue weighted by Gasteiger charge is 2.16. The smallest absolute Gasteiger partial charge is 0.262 e. The van der Waals surface area contributed by atoms with Gasteiger partial charge in [0.05, 0.1) is 16.9 Å². The molecule has 3 aromatic rings. The molecule has 30 heavy (non-hydrogen) atoms. The third-order valence-corrected chi connectivity index (χ3v) is 6.85. The number of hydrogen-bond donors (Lipinski definition) is 1. The maximum atomic E-state index is 11.9. The zero-order valence-electron chi connectivity index (χ0n) is 16.7. The Kier molecular flexibility index (Phi) is 5.66. The maximum absolute atomic E-state index is 11.9. The van der Waals surface area contributed by atoms with Gasteiger partial charge in [0.15, 0.2) is 0 Å². The molecular weight excluding hydrogens is 426 g/mol. The van der Waals surface area contributed by atoms with Crippen molar-refractivity contribution in [3.8, 4) is 11.5 Å². The molecule has 3 rings (SSSR count). The predicted octanol–water partition coefficient (Wildman–Crippen LogP) is 1.92. The van der Waals surface area contributed by atoms with Gasteiger partial charge in [-0.3, -0.25) is 0 Å². The standard InChI is InChI=1S/C18H18B2N2O6S2/c1-10-7-14(16(28-2)9-17(10)30(20,26)27)21-22-18-13-5-4-12(29(19,24)25)8-11(13)3-6-15(18)23/h3-9,23H,19-20H2,1-2H3/b22-21+. The molecule has 1 N–H and O–H groups in total. The number of aromatic hydroxyl groups is 1. The van der Waals surface area contributed by atoms with Crippen LogP contribution in [0.5, 0.6) is 11.5 Å². The normalized spacial score (nSPS) is 12.5. The molecule has 0 aromatic heterocycles. The van der Waals surface area contributed by atoms with Crippen LogP contribution in [0.25, 0.3) is 10.8 Å². The second-order valence-corrected chi connectivity index (χ2v) is 10.9. The molecule has 0 saturated carbocycles. The first-order valence-electron chi connectivity index (χ1n) is 8.68. The van der Waals surface area contributed by atoms with Crippen LogP contribution in [0.2, 0.25) is 0 Å². The molecule has 8 nitrogen and oxygen atoms in total. The van der Waals surface area contributed by atoms with E-state index in [1.54, 1.807) is 19.1 Å². The highest BCUT2D eigenvalue weighted by molar-refractivity contribution is 8.12. The topological polar surface area (TPSA) is 122 Å². The lowest BCUT2D eigenvalue weighted by Crippen LogP contribution is -2.02. The minimum absolute atomic E-state index is 0.125. The van der Waals surface area contributed by atoms with Crippen molar-refractivity contribution in [2.75, 3.05) is 7.11 Å². The Labute approximate surface area is 176 Å². The number of phenolic OH excluding ortho intramolecular Hbond substituents is 1. The molecule has 0 aliphatic heterocycles. The highest BCUT2D eigenvalue weighted by Crippen LogP contribution is 2.39. The Morgan fingerprint density at radius 3 is 2.23 bits per heavy atom. The largest absolute Gasteiger partial charge is 0.506 e. The summed E-state index contributed by atoms with van der Waals surface area (Å²) < 4.78 is 52.7. The van der Waals surface area contributed by atoms with Gasteiger partial charge in [0.2, 0.25) is 0 Å². The first-order chi connectivity index (χ1) is 13.9. The Hall–Kier alpha value is -2.85. The number of ether oxygens (including phenoxy) is 1. The van der Waals surface area contributed by atoms with Gasteiger partial charge >= 0.3 is 0 Å². The first-order valence-corrected chi connectivity index (χ1v) is 12.5. The fourth-order valence-corrected chi connectivity index (χ4v) is 4.64. The second kappa shape index (κ2) is 7.77. The Bertz CT molecular complexity index is 1400. The van der Waals surface area contributed by atoms with Crippen molar-refractivity contribution in [3.05, 3.63) is 48.0 Å². The molecule has 0 bridgehead atoms. The van der Waals surface area contributed by atoms with Gasteiger partial charge in [-0.1, -0.05) is 12.1 Å². The minimum Gasteiger partial charge on any atom is -0.506 e. The summed E-state index contributed by atoms with van der Waals surface area (Å²) in [7, 11) is -3.22. The van der Waals surface area contributed by atoms with E-state index in [2.05, 4.69) is 10.2 Å². The van der Waals surface area contributed by atoms with E-state index >= 15 is 0 Å². The summed E-state index contributed by atoms with van der Waals surface area (Å²) in [6.07, 6.45) is 0. The van der Waals surface area contributed by atoms with Crippen molar-refractivity contribution < 1.29 is 26.7 Å². The van der Waals surface area contributed by atoms with Crippen LogP contribution in [0.15, 0.2) is 62.5 Å². The number of rotatable bonds is 5. The van der Waals surface area contributed by atoms with Crippen LogP contribution in [-0.2, 0) is 19.4 Å². The minimum atomic E-state index is -3.44. The molecule has 3 aromatic carbocycles. The van der Waals surface area contributed by atoms with E-state index in [1.807, 2.05) is 0 Å². The fourth-order valence-electron chi connectivity index (χ4n) is 3.01. The first kappa shape index (κ1) is 21.8. The quantitative estimate of drug-likeness (QED) is 0.474. The van der Waals surface area contributed by atoms with Crippen LogP contribution in [0.1, 0.15) is 5.56 Å². The maximum Gasteiger partial charge on any atom is 0.262 e. The molecule has 12 heteroatoms. The fraction of sp³-hybridized carbons (Fsp3) is 0.111. The van der Waals surface area contributed by atoms with E-state index in [9.17, 15) is 21.9 Å². The van der Waals surface area contributed by atoms with Crippen molar-refractivity contribution >= 4 is 55.8 Å². The predicted molar refractivity (Wildman–Crippen MR) is 119 cm³/mol. The summed E-state index contributed by atoms with van der Waals surface area (Å²) in [6, 6.07) is 10.4. The van der Waals surface area contributed by atoms with Crippen LogP contribution in [0.3, 0.4) is 0 Å². The van der Waals surface area contributed by atoms with Crippen LogP contribution >= 0.6 is 0 Å². The molecule has 0 fully saturated rings. The number of methoxy groups -OCH3 is 1. The summed E-state index contributed by atoms with van der Waals surface area (Å²) in [4.78, 5) is 0.275. The van der Waals surface area contributed by atoms with Crippen molar-refractivity contribution in [2.24, 2.45) is 10.2 Å². The lowest BCUT2D eigenvalue weighted by molar-refractivity contribution is 0.414. The van der Waals surface area contributed by atoms with E-state index in [4.69, 9.17) is 4.74 Å². The summed E-state index contributed by atoms with van der Waals surface area (Å²) in [5.41, 5.74) is 0.915. The third kappa shape index (κ3) is 4.34. The van der Waals surface area contributed by atoms with Gasteiger partial charge in [0, 0.05) is 11.5 Å². The van der Waals surface area contributed by atoms with E-state index in [-0.39, 0.29) is 32.7 Å². The number of hydrogen-bond acceptors (Lipinski definition) is 8. The summed E-state index contributed by atoms with van der Waals surface area (Å²) in [5, 5.41) is 19.6. The van der Waals surface area contributed by atoms with E-state index < -0.39 is 19.4 Å². The van der Waals surface area contributed by atoms with Crippen LogP contribution in [-0.4, -0.2) is 43.3 Å². The summed E-state index contributed by atoms with van der Waals surface area (Å²) >= 11 is 0. The Balaban J connectivity index is 2.14. The van der Waals surface area contributed by atoms with Crippen molar-refractivity contribution in [2.45, 2.75) is 16.7 Å². The number of phenols is 1. The summed E-state index contributed by atoms with van der Waals surface area (Å²) in [5.74, 6) is 0.0747. The number of aryl methyl sites for hydroxylation is 1.